The first-order valence-electron chi connectivity index (χ1n) is 7.89. The third-order valence-corrected chi connectivity index (χ3v) is 3.75. The van der Waals surface area contributed by atoms with Gasteiger partial charge in [-0.1, -0.05) is 13.3 Å². The van der Waals surface area contributed by atoms with Crippen molar-refractivity contribution in [1.82, 2.24) is 0 Å². The molecule has 0 amide bonds. The lowest BCUT2D eigenvalue weighted by atomic mass is 9.91. The van der Waals surface area contributed by atoms with Crippen molar-refractivity contribution < 1.29 is 84.2 Å². The van der Waals surface area contributed by atoms with Crippen LogP contribution in [0.15, 0.2) is 11.7 Å². The summed E-state index contributed by atoms with van der Waals surface area (Å²) in [4.78, 5) is 10.8. The number of alkyl halides is 15. The average Bonchev–Trinajstić information content (AvgIpc) is 2.56. The zero-order valence-corrected chi connectivity index (χ0v) is 15.4. The number of ether oxygens (including phenoxy) is 1. The summed E-state index contributed by atoms with van der Waals surface area (Å²) < 4.78 is 224. The van der Waals surface area contributed by atoms with Crippen LogP contribution in [0.25, 0.3) is 0 Å². The van der Waals surface area contributed by atoms with E-state index in [2.05, 4.69) is 0 Å². The maximum atomic E-state index is 13.5. The zero-order valence-electron chi connectivity index (χ0n) is 15.4. The maximum Gasteiger partial charge on any atom is 0.473 e. The molecule has 0 aromatic rings. The van der Waals surface area contributed by atoms with Gasteiger partial charge in [0.25, 0.3) is 6.08 Å². The van der Waals surface area contributed by atoms with Crippen LogP contribution in [0, 0.1) is 0 Å². The summed E-state index contributed by atoms with van der Waals surface area (Å²) in [7, 11) is 0. The van der Waals surface area contributed by atoms with Gasteiger partial charge in [-0.3, -0.25) is 0 Å². The van der Waals surface area contributed by atoms with E-state index in [9.17, 15) is 79.4 Å². The quantitative estimate of drug-likeness (QED) is 0.169. The van der Waals surface area contributed by atoms with E-state index >= 15 is 0 Å². The minimum Gasteiger partial charge on any atom is -0.392 e. The summed E-state index contributed by atoms with van der Waals surface area (Å²) >= 11 is 0. The van der Waals surface area contributed by atoms with Gasteiger partial charge in [-0.05, 0) is 6.42 Å². The topological polar surface area (TPSA) is 26.3 Å². The first-order valence-corrected chi connectivity index (χ1v) is 7.89. The molecule has 0 aromatic heterocycles. The van der Waals surface area contributed by atoms with Crippen molar-refractivity contribution in [2.45, 2.75) is 68.1 Å². The van der Waals surface area contributed by atoms with Gasteiger partial charge in [0.2, 0.25) is 5.57 Å². The van der Waals surface area contributed by atoms with E-state index in [4.69, 9.17) is 0 Å². The molecule has 0 aliphatic rings. The second-order valence-corrected chi connectivity index (χ2v) is 6.15. The van der Waals surface area contributed by atoms with Gasteiger partial charge in [0, 0.05) is 6.42 Å². The number of carbonyl (C=O) groups is 1. The molecule has 0 saturated carbocycles. The molecule has 0 saturated heterocycles. The Morgan fingerprint density at radius 1 is 0.667 bits per heavy atom. The molecule has 0 spiro atoms. The summed E-state index contributed by atoms with van der Waals surface area (Å²) in [6, 6.07) is 0. The van der Waals surface area contributed by atoms with Crippen LogP contribution >= 0.6 is 0 Å². The third kappa shape index (κ3) is 5.25. The van der Waals surface area contributed by atoms with Crippen LogP contribution in [-0.4, -0.2) is 47.9 Å². The highest BCUT2D eigenvalue weighted by atomic mass is 19.4. The van der Waals surface area contributed by atoms with Gasteiger partial charge in [-0.25, -0.2) is 4.79 Å². The van der Waals surface area contributed by atoms with E-state index < -0.39 is 78.8 Å². The van der Waals surface area contributed by atoms with E-state index in [1.54, 1.807) is 0 Å². The van der Waals surface area contributed by atoms with Gasteiger partial charge in [-0.15, -0.1) is 0 Å². The minimum absolute atomic E-state index is 0.446. The second-order valence-electron chi connectivity index (χ2n) is 6.15. The lowest BCUT2D eigenvalue weighted by molar-refractivity contribution is -0.451. The van der Waals surface area contributed by atoms with E-state index in [0.29, 0.717) is 0 Å². The van der Waals surface area contributed by atoms with E-state index in [1.165, 1.54) is 0 Å². The number of hydrogen-bond acceptors (Lipinski definition) is 2. The molecule has 196 valence electrons. The Morgan fingerprint density at radius 3 is 1.39 bits per heavy atom. The summed E-state index contributed by atoms with van der Waals surface area (Å²) in [5.74, 6) is -42.3. The van der Waals surface area contributed by atoms with Crippen molar-refractivity contribution in [2.75, 3.05) is 0 Å². The van der Waals surface area contributed by atoms with Crippen molar-refractivity contribution in [3.8, 4) is 0 Å². The lowest BCUT2D eigenvalue weighted by Gasteiger charge is -2.40. The molecule has 0 bridgehead atoms. The van der Waals surface area contributed by atoms with Crippen LogP contribution in [0.4, 0.5) is 74.6 Å². The molecule has 0 fully saturated rings. The number of esters is 1. The molecular weight excluding hydrogens is 523 g/mol. The number of halogens is 17. The van der Waals surface area contributed by atoms with E-state index in [0.717, 1.165) is 6.92 Å². The highest BCUT2D eigenvalue weighted by Crippen LogP contribution is 2.60. The minimum atomic E-state index is -8.25. The Morgan fingerprint density at radius 2 is 1.06 bits per heavy atom. The predicted molar refractivity (Wildman–Crippen MR) is 70.6 cm³/mol. The number of hydrogen-bond donors (Lipinski definition) is 0. The first-order chi connectivity index (χ1) is 14.3. The Bertz CT molecular complexity index is 745. The largest absolute Gasteiger partial charge is 0.473 e. The highest BCUT2D eigenvalue weighted by molar-refractivity contribution is 5.90. The summed E-state index contributed by atoms with van der Waals surface area (Å²) in [6.07, 6.45) is -22.3. The van der Waals surface area contributed by atoms with Crippen LogP contribution in [0.2, 0.25) is 0 Å². The van der Waals surface area contributed by atoms with Crippen molar-refractivity contribution in [2.24, 2.45) is 0 Å². The molecule has 0 unspecified atom stereocenters. The molecule has 0 aromatic carbocycles. The van der Waals surface area contributed by atoms with Crippen molar-refractivity contribution in [1.29, 1.82) is 0 Å². The van der Waals surface area contributed by atoms with Gasteiger partial charge in [0.15, 0.2) is 0 Å². The van der Waals surface area contributed by atoms with E-state index in [-0.39, 0.29) is 0 Å². The smallest absolute Gasteiger partial charge is 0.392 e. The number of carbonyl (C=O) groups excluding carboxylic acids is 1. The normalized spacial score (nSPS) is 14.8. The van der Waals surface area contributed by atoms with Crippen molar-refractivity contribution in [3.05, 3.63) is 11.7 Å². The standard InChI is InChI=1S/C14H9F17O2/c1-2-3-4-8(17,18)10(22,23)11(24,25)12(26,27)13(28,29)14(30,31)33-7(32)5(6(15)16)9(19,20)21/h2-4H2,1H3. The molecule has 33 heavy (non-hydrogen) atoms. The third-order valence-electron chi connectivity index (χ3n) is 3.75. The van der Waals surface area contributed by atoms with Gasteiger partial charge in [0.05, 0.1) is 0 Å². The first kappa shape index (κ1) is 31.0. The van der Waals surface area contributed by atoms with Crippen molar-refractivity contribution in [3.63, 3.8) is 0 Å². The van der Waals surface area contributed by atoms with E-state index in [1.807, 2.05) is 4.74 Å². The Balaban J connectivity index is 6.43. The number of unbranched alkanes of at least 4 members (excludes halogenated alkanes) is 1. The molecule has 0 aliphatic carbocycles. The van der Waals surface area contributed by atoms with Gasteiger partial charge in [0.1, 0.15) is 0 Å². The summed E-state index contributed by atoms with van der Waals surface area (Å²) in [5.41, 5.74) is -4.07. The molecule has 19 heteroatoms. The van der Waals surface area contributed by atoms with Crippen LogP contribution < -0.4 is 0 Å². The molecule has 0 aliphatic heterocycles. The Hall–Kier alpha value is -1.98. The molecule has 0 rings (SSSR count). The molecule has 0 atom stereocenters. The van der Waals surface area contributed by atoms with Crippen LogP contribution in [0.1, 0.15) is 26.2 Å². The fraction of sp³-hybridized carbons (Fsp3) is 0.786. The SMILES string of the molecule is CCCCC(F)(F)C(F)(F)C(F)(F)C(F)(F)C(F)(F)C(F)(F)OC(=O)C(=C(F)F)C(F)(F)F. The maximum absolute atomic E-state index is 13.5. The number of rotatable bonds is 10. The van der Waals surface area contributed by atoms with Crippen molar-refractivity contribution >= 4 is 5.97 Å². The Labute approximate surface area is 171 Å². The van der Waals surface area contributed by atoms with Gasteiger partial charge in [-0.2, -0.15) is 74.6 Å². The lowest BCUT2D eigenvalue weighted by Crippen LogP contribution is -2.71. The summed E-state index contributed by atoms with van der Waals surface area (Å²) in [5, 5.41) is 0. The Kier molecular flexibility index (Phi) is 8.45. The molecule has 0 N–H and O–H groups in total. The van der Waals surface area contributed by atoms with Crippen LogP contribution in [0.3, 0.4) is 0 Å². The zero-order chi connectivity index (χ0) is 27.1. The molecule has 2 nitrogen and oxygen atoms in total. The summed E-state index contributed by atoms with van der Waals surface area (Å²) in [6.45, 7) is 1.01. The van der Waals surface area contributed by atoms with Crippen LogP contribution in [0.5, 0.6) is 0 Å². The molecule has 0 radical (unpaired) electrons. The molecular formula is C14H9F17O2. The fourth-order valence-electron chi connectivity index (χ4n) is 1.89. The predicted octanol–water partition coefficient (Wildman–Crippen LogP) is 7.20. The monoisotopic (exact) mass is 532 g/mol. The van der Waals surface area contributed by atoms with Crippen LogP contribution in [-0.2, 0) is 9.53 Å². The average molecular weight is 532 g/mol. The second kappa shape index (κ2) is 8.99. The highest BCUT2D eigenvalue weighted by Gasteiger charge is 2.91. The molecule has 0 heterocycles. The van der Waals surface area contributed by atoms with Gasteiger partial charge >= 0.3 is 47.9 Å². The fourth-order valence-corrected chi connectivity index (χ4v) is 1.89. The van der Waals surface area contributed by atoms with Gasteiger partial charge < -0.3 is 4.74 Å².